The Morgan fingerprint density at radius 1 is 1.10 bits per heavy atom. The third-order valence-electron chi connectivity index (χ3n) is 3.98. The van der Waals surface area contributed by atoms with Crippen molar-refractivity contribution < 1.29 is 27.5 Å². The third-order valence-corrected chi connectivity index (χ3v) is 5.63. The number of imide groups is 1. The van der Waals surface area contributed by atoms with Crippen LogP contribution in [0.4, 0.5) is 10.5 Å². The van der Waals surface area contributed by atoms with Gasteiger partial charge in [-0.15, -0.1) is 0 Å². The number of nitrogens with one attached hydrogen (secondary N) is 2. The van der Waals surface area contributed by atoms with Crippen molar-refractivity contribution in [3.05, 3.63) is 59.1 Å². The van der Waals surface area contributed by atoms with Gasteiger partial charge < -0.3 is 10.1 Å². The molecule has 0 radical (unpaired) electrons. The number of amides is 3. The SMILES string of the molecule is O=C(OCC(=O)N1CCNC1=O)c1ccc(S(=O)(=O)Nc2ccc(Cl)cc2)cc1. The minimum Gasteiger partial charge on any atom is -0.452 e. The molecule has 0 aromatic heterocycles. The molecule has 0 unspecified atom stereocenters. The number of urea groups is 1. The van der Waals surface area contributed by atoms with Crippen molar-refractivity contribution in [3.8, 4) is 0 Å². The second-order valence-electron chi connectivity index (χ2n) is 5.99. The highest BCUT2D eigenvalue weighted by Crippen LogP contribution is 2.19. The number of anilines is 1. The Labute approximate surface area is 171 Å². The number of carbonyl (C=O) groups excluding carboxylic acids is 3. The molecule has 3 amide bonds. The van der Waals surface area contributed by atoms with Gasteiger partial charge in [-0.3, -0.25) is 14.4 Å². The summed E-state index contributed by atoms with van der Waals surface area (Å²) in [4.78, 5) is 36.2. The van der Waals surface area contributed by atoms with Crippen molar-refractivity contribution in [1.82, 2.24) is 10.2 Å². The summed E-state index contributed by atoms with van der Waals surface area (Å²) < 4.78 is 32.1. The lowest BCUT2D eigenvalue weighted by atomic mass is 10.2. The normalized spacial score (nSPS) is 13.7. The monoisotopic (exact) mass is 437 g/mol. The Hall–Kier alpha value is -3.11. The van der Waals surface area contributed by atoms with Crippen molar-refractivity contribution in [3.63, 3.8) is 0 Å². The summed E-state index contributed by atoms with van der Waals surface area (Å²) >= 11 is 5.77. The molecule has 152 valence electrons. The van der Waals surface area contributed by atoms with Crippen LogP contribution in [-0.4, -0.2) is 50.9 Å². The zero-order valence-electron chi connectivity index (χ0n) is 14.9. The number of esters is 1. The van der Waals surface area contributed by atoms with Crippen LogP contribution in [0.5, 0.6) is 0 Å². The largest absolute Gasteiger partial charge is 0.452 e. The molecule has 1 fully saturated rings. The fraction of sp³-hybridized carbons (Fsp3) is 0.167. The molecule has 29 heavy (non-hydrogen) atoms. The van der Waals surface area contributed by atoms with Crippen LogP contribution in [0.15, 0.2) is 53.4 Å². The highest BCUT2D eigenvalue weighted by molar-refractivity contribution is 7.92. The van der Waals surface area contributed by atoms with Crippen LogP contribution in [0.2, 0.25) is 5.02 Å². The summed E-state index contributed by atoms with van der Waals surface area (Å²) in [6.45, 7) is -0.0364. The number of hydrogen-bond acceptors (Lipinski definition) is 6. The van der Waals surface area contributed by atoms with Gasteiger partial charge in [-0.05, 0) is 48.5 Å². The van der Waals surface area contributed by atoms with E-state index in [9.17, 15) is 22.8 Å². The smallest absolute Gasteiger partial charge is 0.338 e. The highest BCUT2D eigenvalue weighted by Gasteiger charge is 2.27. The van der Waals surface area contributed by atoms with Gasteiger partial charge >= 0.3 is 12.0 Å². The molecule has 1 saturated heterocycles. The number of hydrogen-bond donors (Lipinski definition) is 2. The first kappa shape index (κ1) is 20.6. The summed E-state index contributed by atoms with van der Waals surface area (Å²) in [5.41, 5.74) is 0.400. The Kier molecular flexibility index (Phi) is 6.04. The number of rotatable bonds is 6. The second-order valence-corrected chi connectivity index (χ2v) is 8.11. The fourth-order valence-electron chi connectivity index (χ4n) is 2.50. The van der Waals surface area contributed by atoms with Crippen LogP contribution < -0.4 is 10.0 Å². The van der Waals surface area contributed by atoms with Crippen molar-refractivity contribution in [2.75, 3.05) is 24.4 Å². The number of ether oxygens (including phenoxy) is 1. The zero-order chi connectivity index (χ0) is 21.0. The van der Waals surface area contributed by atoms with Crippen LogP contribution in [-0.2, 0) is 19.6 Å². The van der Waals surface area contributed by atoms with Crippen molar-refractivity contribution >= 4 is 45.2 Å². The lowest BCUT2D eigenvalue weighted by Crippen LogP contribution is -2.37. The molecule has 1 aliphatic heterocycles. The molecule has 0 atom stereocenters. The van der Waals surface area contributed by atoms with E-state index in [4.69, 9.17) is 16.3 Å². The lowest BCUT2D eigenvalue weighted by Gasteiger charge is -2.12. The lowest BCUT2D eigenvalue weighted by molar-refractivity contribution is -0.130. The molecule has 0 aliphatic carbocycles. The van der Waals surface area contributed by atoms with E-state index in [2.05, 4.69) is 10.0 Å². The molecule has 0 spiro atoms. The van der Waals surface area contributed by atoms with Crippen molar-refractivity contribution in [2.45, 2.75) is 4.90 Å². The van der Waals surface area contributed by atoms with E-state index >= 15 is 0 Å². The number of sulfonamides is 1. The van der Waals surface area contributed by atoms with Gasteiger partial charge in [0.2, 0.25) is 0 Å². The molecule has 2 N–H and O–H groups in total. The van der Waals surface area contributed by atoms with E-state index in [-0.39, 0.29) is 17.0 Å². The van der Waals surface area contributed by atoms with Gasteiger partial charge in [-0.25, -0.2) is 18.0 Å². The first-order chi connectivity index (χ1) is 13.8. The standard InChI is InChI=1S/C18H16ClN3O6S/c19-13-3-5-14(6-4-13)21-29(26,27)15-7-1-12(2-8-15)17(24)28-11-16(23)22-10-9-20-18(22)25/h1-8,21H,9-11H2,(H,20,25). The maximum Gasteiger partial charge on any atom is 0.338 e. The molecule has 11 heteroatoms. The number of nitrogens with zero attached hydrogens (tertiary/aromatic N) is 1. The Morgan fingerprint density at radius 2 is 1.76 bits per heavy atom. The summed E-state index contributed by atoms with van der Waals surface area (Å²) in [7, 11) is -3.86. The molecular weight excluding hydrogens is 422 g/mol. The highest BCUT2D eigenvalue weighted by atomic mass is 35.5. The fourth-order valence-corrected chi connectivity index (χ4v) is 3.68. The van der Waals surface area contributed by atoms with Crippen molar-refractivity contribution in [2.24, 2.45) is 0 Å². The maximum absolute atomic E-state index is 12.4. The molecule has 9 nitrogen and oxygen atoms in total. The van der Waals surface area contributed by atoms with Gasteiger partial charge in [0.1, 0.15) is 0 Å². The summed E-state index contributed by atoms with van der Waals surface area (Å²) in [5.74, 6) is -1.45. The second kappa shape index (κ2) is 8.50. The average molecular weight is 438 g/mol. The molecule has 1 heterocycles. The van der Waals surface area contributed by atoms with Gasteiger partial charge in [-0.1, -0.05) is 11.6 Å². The van der Waals surface area contributed by atoms with E-state index in [0.717, 1.165) is 4.90 Å². The van der Waals surface area contributed by atoms with Gasteiger partial charge in [-0.2, -0.15) is 0 Å². The third kappa shape index (κ3) is 5.04. The average Bonchev–Trinajstić information content (AvgIpc) is 3.13. The molecule has 0 saturated carbocycles. The number of halogens is 1. The van der Waals surface area contributed by atoms with Gasteiger partial charge in [0.25, 0.3) is 15.9 Å². The maximum atomic E-state index is 12.4. The topological polar surface area (TPSA) is 122 Å². The van der Waals surface area contributed by atoms with Crippen LogP contribution in [0.25, 0.3) is 0 Å². The summed E-state index contributed by atoms with van der Waals surface area (Å²) in [6.07, 6.45) is 0. The molecule has 3 rings (SSSR count). The van der Waals surface area contributed by atoms with E-state index in [1.165, 1.54) is 36.4 Å². The van der Waals surface area contributed by atoms with Crippen LogP contribution in [0.1, 0.15) is 10.4 Å². The van der Waals surface area contributed by atoms with E-state index in [0.29, 0.717) is 17.3 Å². The van der Waals surface area contributed by atoms with Gasteiger partial charge in [0, 0.05) is 23.8 Å². The molecular formula is C18H16ClN3O6S. The minimum atomic E-state index is -3.86. The van der Waals surface area contributed by atoms with E-state index < -0.39 is 34.5 Å². The number of carbonyl (C=O) groups is 3. The predicted octanol–water partition coefficient (Wildman–Crippen LogP) is 1.85. The van der Waals surface area contributed by atoms with E-state index in [1.807, 2.05) is 0 Å². The van der Waals surface area contributed by atoms with E-state index in [1.54, 1.807) is 12.1 Å². The summed E-state index contributed by atoms with van der Waals surface area (Å²) in [6, 6.07) is 10.6. The minimum absolute atomic E-state index is 0.0613. The van der Waals surface area contributed by atoms with Crippen LogP contribution in [0, 0.1) is 0 Å². The molecule has 1 aliphatic rings. The van der Waals surface area contributed by atoms with Gasteiger partial charge in [0.05, 0.1) is 10.5 Å². The zero-order valence-corrected chi connectivity index (χ0v) is 16.5. The Balaban J connectivity index is 1.61. The van der Waals surface area contributed by atoms with Crippen LogP contribution in [0.3, 0.4) is 0 Å². The Morgan fingerprint density at radius 3 is 2.34 bits per heavy atom. The molecule has 2 aromatic rings. The van der Waals surface area contributed by atoms with Gasteiger partial charge in [0.15, 0.2) is 6.61 Å². The molecule has 2 aromatic carbocycles. The van der Waals surface area contributed by atoms with Crippen LogP contribution >= 0.6 is 11.6 Å². The van der Waals surface area contributed by atoms with Crippen molar-refractivity contribution in [1.29, 1.82) is 0 Å². The molecule has 0 bridgehead atoms. The number of benzene rings is 2. The first-order valence-corrected chi connectivity index (χ1v) is 10.3. The summed E-state index contributed by atoms with van der Waals surface area (Å²) in [5, 5.41) is 2.94. The predicted molar refractivity (Wildman–Crippen MR) is 104 cm³/mol. The quantitative estimate of drug-likeness (QED) is 0.665. The first-order valence-electron chi connectivity index (χ1n) is 8.40. The Bertz CT molecular complexity index is 1040.